The van der Waals surface area contributed by atoms with Gasteiger partial charge in [0.2, 0.25) is 0 Å². The first-order chi connectivity index (χ1) is 15.0. The van der Waals surface area contributed by atoms with Crippen LogP contribution >= 0.6 is 11.6 Å². The predicted molar refractivity (Wildman–Crippen MR) is 123 cm³/mol. The molecular weight excluding hydrogens is 412 g/mol. The monoisotopic (exact) mass is 438 g/mol. The molecule has 2 aliphatic heterocycles. The molecule has 0 saturated carbocycles. The lowest BCUT2D eigenvalue weighted by Crippen LogP contribution is -2.39. The number of amides is 1. The zero-order chi connectivity index (χ0) is 21.5. The highest BCUT2D eigenvalue weighted by molar-refractivity contribution is 6.31. The van der Waals surface area contributed by atoms with Gasteiger partial charge in [0.15, 0.2) is 5.65 Å². The van der Waals surface area contributed by atoms with Crippen LogP contribution in [0.3, 0.4) is 0 Å². The third kappa shape index (κ3) is 3.71. The molecule has 31 heavy (non-hydrogen) atoms. The Bertz CT molecular complexity index is 1140. The molecule has 7 nitrogen and oxygen atoms in total. The first-order valence-corrected chi connectivity index (χ1v) is 11.4. The molecule has 1 amide bonds. The van der Waals surface area contributed by atoms with Crippen LogP contribution in [0.5, 0.6) is 0 Å². The molecule has 0 spiro atoms. The molecule has 2 saturated heterocycles. The minimum absolute atomic E-state index is 0.0938. The van der Waals surface area contributed by atoms with Crippen LogP contribution in [0.25, 0.3) is 5.65 Å². The second-order valence-electron chi connectivity index (χ2n) is 8.56. The van der Waals surface area contributed by atoms with Crippen molar-refractivity contribution in [3.8, 4) is 0 Å². The van der Waals surface area contributed by atoms with Gasteiger partial charge in [0.25, 0.3) is 5.91 Å². The second-order valence-corrected chi connectivity index (χ2v) is 8.99. The SMILES string of the molecule is Cc1cn2nc(C3CCCCN3C(=O)c3cc(Cl)ccc3N)cc2nc1N1CCCC1. The molecule has 162 valence electrons. The van der Waals surface area contributed by atoms with Crippen molar-refractivity contribution in [3.63, 3.8) is 0 Å². The molecule has 1 aromatic carbocycles. The summed E-state index contributed by atoms with van der Waals surface area (Å²) in [6.45, 7) is 4.86. The highest BCUT2D eigenvalue weighted by atomic mass is 35.5. The number of nitrogens with zero attached hydrogens (tertiary/aromatic N) is 5. The van der Waals surface area contributed by atoms with Crippen molar-refractivity contribution >= 4 is 34.7 Å². The Hall–Kier alpha value is -2.80. The van der Waals surface area contributed by atoms with E-state index in [-0.39, 0.29) is 11.9 Å². The fourth-order valence-corrected chi connectivity index (χ4v) is 4.95. The lowest BCUT2D eigenvalue weighted by Gasteiger charge is -2.35. The van der Waals surface area contributed by atoms with Crippen molar-refractivity contribution in [1.82, 2.24) is 19.5 Å². The standard InChI is InChI=1S/C23H27ClN6O/c1-15-14-30-21(26-22(15)28-9-4-5-10-28)13-19(27-30)20-6-2-3-11-29(20)23(31)17-12-16(24)7-8-18(17)25/h7-8,12-14,20H,2-6,9-11,25H2,1H3. The number of nitrogen functional groups attached to an aromatic ring is 1. The van der Waals surface area contributed by atoms with Gasteiger partial charge in [-0.25, -0.2) is 9.50 Å². The van der Waals surface area contributed by atoms with Crippen LogP contribution < -0.4 is 10.6 Å². The zero-order valence-corrected chi connectivity index (χ0v) is 18.5. The van der Waals surface area contributed by atoms with E-state index < -0.39 is 0 Å². The third-order valence-corrected chi connectivity index (χ3v) is 6.62. The Morgan fingerprint density at radius 2 is 1.90 bits per heavy atom. The highest BCUT2D eigenvalue weighted by Crippen LogP contribution is 2.34. The lowest BCUT2D eigenvalue weighted by molar-refractivity contribution is 0.0607. The van der Waals surface area contributed by atoms with Crippen LogP contribution in [0, 0.1) is 6.92 Å². The molecule has 5 rings (SSSR count). The summed E-state index contributed by atoms with van der Waals surface area (Å²) in [5.41, 5.74) is 9.81. The third-order valence-electron chi connectivity index (χ3n) is 6.38. The molecule has 2 fully saturated rings. The largest absolute Gasteiger partial charge is 0.398 e. The maximum atomic E-state index is 13.4. The van der Waals surface area contributed by atoms with Gasteiger partial charge in [0.1, 0.15) is 5.82 Å². The zero-order valence-electron chi connectivity index (χ0n) is 17.7. The fourth-order valence-electron chi connectivity index (χ4n) is 4.78. The summed E-state index contributed by atoms with van der Waals surface area (Å²) in [6, 6.07) is 6.97. The van der Waals surface area contributed by atoms with Crippen LogP contribution in [0.2, 0.25) is 5.02 Å². The maximum Gasteiger partial charge on any atom is 0.256 e. The average Bonchev–Trinajstić information content (AvgIpc) is 3.44. The summed E-state index contributed by atoms with van der Waals surface area (Å²) < 4.78 is 1.84. The van der Waals surface area contributed by atoms with E-state index in [1.165, 1.54) is 12.8 Å². The summed E-state index contributed by atoms with van der Waals surface area (Å²) in [5.74, 6) is 0.948. The number of nitrogens with two attached hydrogens (primary N) is 1. The Balaban J connectivity index is 1.49. The number of likely N-dealkylation sites (tertiary alicyclic amines) is 1. The molecule has 0 aliphatic carbocycles. The van der Waals surface area contributed by atoms with Crippen molar-refractivity contribution in [2.75, 3.05) is 30.3 Å². The van der Waals surface area contributed by atoms with Gasteiger partial charge in [-0.05, 0) is 57.2 Å². The van der Waals surface area contributed by atoms with Crippen LogP contribution in [-0.4, -0.2) is 45.0 Å². The van der Waals surface area contributed by atoms with Gasteiger partial charge in [-0.1, -0.05) is 11.6 Å². The smallest absolute Gasteiger partial charge is 0.256 e. The first kappa shape index (κ1) is 20.1. The molecule has 0 bridgehead atoms. The normalized spacial score (nSPS) is 19.4. The van der Waals surface area contributed by atoms with Crippen molar-refractivity contribution in [2.45, 2.75) is 45.1 Å². The topological polar surface area (TPSA) is 79.8 Å². The number of benzene rings is 1. The summed E-state index contributed by atoms with van der Waals surface area (Å²) in [4.78, 5) is 22.5. The number of aromatic nitrogens is 3. The number of aryl methyl sites for hydroxylation is 1. The van der Waals surface area contributed by atoms with Gasteiger partial charge < -0.3 is 15.5 Å². The van der Waals surface area contributed by atoms with E-state index in [0.29, 0.717) is 22.8 Å². The molecule has 2 aromatic heterocycles. The fraction of sp³-hybridized carbons (Fsp3) is 0.435. The highest BCUT2D eigenvalue weighted by Gasteiger charge is 2.32. The molecule has 2 N–H and O–H groups in total. The van der Waals surface area contributed by atoms with Crippen molar-refractivity contribution in [2.24, 2.45) is 0 Å². The first-order valence-electron chi connectivity index (χ1n) is 11.0. The van der Waals surface area contributed by atoms with Crippen LogP contribution in [0.1, 0.15) is 59.8 Å². The van der Waals surface area contributed by atoms with E-state index in [1.807, 2.05) is 21.7 Å². The van der Waals surface area contributed by atoms with Gasteiger partial charge in [-0.15, -0.1) is 0 Å². The maximum absolute atomic E-state index is 13.4. The minimum Gasteiger partial charge on any atom is -0.398 e. The molecule has 1 unspecified atom stereocenters. The van der Waals surface area contributed by atoms with Gasteiger partial charge in [0.05, 0.1) is 17.3 Å². The Kier molecular flexibility index (Phi) is 5.22. The minimum atomic E-state index is -0.100. The van der Waals surface area contributed by atoms with Crippen molar-refractivity contribution in [1.29, 1.82) is 0 Å². The number of hydrogen-bond acceptors (Lipinski definition) is 5. The van der Waals surface area contributed by atoms with Gasteiger partial charge in [-0.3, -0.25) is 4.79 Å². The number of carbonyl (C=O) groups excluding carboxylic acids is 1. The van der Waals surface area contributed by atoms with E-state index in [2.05, 4.69) is 11.8 Å². The quantitative estimate of drug-likeness (QED) is 0.618. The van der Waals surface area contributed by atoms with Gasteiger partial charge >= 0.3 is 0 Å². The number of fused-ring (bicyclic) bond motifs is 1. The van der Waals surface area contributed by atoms with Crippen LogP contribution in [0.4, 0.5) is 11.5 Å². The molecular formula is C23H27ClN6O. The van der Waals surface area contributed by atoms with E-state index in [1.54, 1.807) is 18.2 Å². The molecule has 8 heteroatoms. The Morgan fingerprint density at radius 3 is 2.71 bits per heavy atom. The van der Waals surface area contributed by atoms with E-state index in [4.69, 9.17) is 27.4 Å². The molecule has 4 heterocycles. The van der Waals surface area contributed by atoms with Gasteiger partial charge in [-0.2, -0.15) is 5.10 Å². The molecule has 0 radical (unpaired) electrons. The number of anilines is 2. The summed E-state index contributed by atoms with van der Waals surface area (Å²) in [5, 5.41) is 5.32. The summed E-state index contributed by atoms with van der Waals surface area (Å²) >= 11 is 6.14. The number of halogens is 1. The van der Waals surface area contributed by atoms with Gasteiger partial charge in [0, 0.05) is 48.2 Å². The van der Waals surface area contributed by atoms with Crippen LogP contribution in [-0.2, 0) is 0 Å². The average molecular weight is 439 g/mol. The predicted octanol–water partition coefficient (Wildman–Crippen LogP) is 4.24. The summed E-state index contributed by atoms with van der Waals surface area (Å²) in [6.07, 6.45) is 7.36. The molecule has 2 aliphatic rings. The van der Waals surface area contributed by atoms with E-state index >= 15 is 0 Å². The number of hydrogen-bond donors (Lipinski definition) is 1. The van der Waals surface area contributed by atoms with E-state index in [0.717, 1.165) is 55.1 Å². The molecule has 1 atom stereocenters. The number of rotatable bonds is 3. The Morgan fingerprint density at radius 1 is 1.13 bits per heavy atom. The number of piperidine rings is 1. The van der Waals surface area contributed by atoms with Crippen molar-refractivity contribution in [3.05, 3.63) is 52.3 Å². The lowest BCUT2D eigenvalue weighted by atomic mass is 9.98. The van der Waals surface area contributed by atoms with Crippen molar-refractivity contribution < 1.29 is 4.79 Å². The van der Waals surface area contributed by atoms with E-state index in [9.17, 15) is 4.79 Å². The second kappa shape index (κ2) is 8.04. The summed E-state index contributed by atoms with van der Waals surface area (Å²) in [7, 11) is 0. The number of carbonyl (C=O) groups is 1. The Labute approximate surface area is 186 Å². The molecule has 3 aromatic rings. The van der Waals surface area contributed by atoms with Crippen LogP contribution in [0.15, 0.2) is 30.5 Å².